The van der Waals surface area contributed by atoms with Crippen molar-refractivity contribution in [3.63, 3.8) is 0 Å². The molecule has 1 heterocycles. The van der Waals surface area contributed by atoms with E-state index in [9.17, 15) is 8.42 Å². The number of ether oxygens (including phenoxy) is 1. The molecule has 0 aliphatic heterocycles. The van der Waals surface area contributed by atoms with E-state index < -0.39 is 10.0 Å². The van der Waals surface area contributed by atoms with Crippen LogP contribution in [0.5, 0.6) is 0 Å². The van der Waals surface area contributed by atoms with Crippen LogP contribution in [0.15, 0.2) is 46.3 Å². The fourth-order valence-corrected chi connectivity index (χ4v) is 4.45. The van der Waals surface area contributed by atoms with Gasteiger partial charge in [-0.1, -0.05) is 19.1 Å². The number of thiophene rings is 1. The van der Waals surface area contributed by atoms with Crippen LogP contribution >= 0.6 is 11.3 Å². The highest BCUT2D eigenvalue weighted by atomic mass is 32.2. The highest BCUT2D eigenvalue weighted by Crippen LogP contribution is 2.16. The molecule has 9 heteroatoms. The van der Waals surface area contributed by atoms with Crippen molar-refractivity contribution < 1.29 is 13.2 Å². The lowest BCUT2D eigenvalue weighted by molar-refractivity contribution is 0.204. The summed E-state index contributed by atoms with van der Waals surface area (Å²) in [5.41, 5.74) is 0.849. The van der Waals surface area contributed by atoms with Crippen LogP contribution in [0.1, 0.15) is 22.2 Å². The summed E-state index contributed by atoms with van der Waals surface area (Å²) >= 11 is 1.78. The number of nitrogens with zero attached hydrogens (tertiary/aromatic N) is 1. The Hall–Kier alpha value is -1.94. The number of methoxy groups -OCH3 is 1. The Kier molecular flexibility index (Phi) is 8.91. The predicted molar refractivity (Wildman–Crippen MR) is 114 cm³/mol. The van der Waals surface area contributed by atoms with Crippen LogP contribution in [0.3, 0.4) is 0 Å². The third-order valence-electron chi connectivity index (χ3n) is 3.99. The Bertz CT molecular complexity index is 879. The van der Waals surface area contributed by atoms with Crippen LogP contribution in [0.2, 0.25) is 0 Å². The van der Waals surface area contributed by atoms with Crippen LogP contribution < -0.4 is 15.4 Å². The summed E-state index contributed by atoms with van der Waals surface area (Å²) in [4.78, 5) is 7.06. The number of guanidine groups is 1. The first-order valence-corrected chi connectivity index (χ1v) is 11.4. The van der Waals surface area contributed by atoms with Gasteiger partial charge in [0.05, 0.1) is 18.0 Å². The molecular formula is C19H28N4O3S2. The molecule has 0 amide bonds. The standard InChI is InChI=1S/C19H28N4O3S2/c1-4-16-8-9-17(27-16)14-22-19(20-2)21-13-15-6-5-7-18(12-15)28(24,25)23-10-11-26-3/h5-9,12,23H,4,10-11,13-14H2,1-3H3,(H2,20,21,22). The molecule has 0 saturated carbocycles. The zero-order chi connectivity index (χ0) is 20.4. The van der Waals surface area contributed by atoms with Gasteiger partial charge in [-0.05, 0) is 36.2 Å². The third kappa shape index (κ3) is 6.90. The molecule has 0 atom stereocenters. The number of sulfonamides is 1. The van der Waals surface area contributed by atoms with Gasteiger partial charge >= 0.3 is 0 Å². The number of aliphatic imine (C=N–C) groups is 1. The number of hydrogen-bond acceptors (Lipinski definition) is 5. The van der Waals surface area contributed by atoms with E-state index in [0.717, 1.165) is 12.0 Å². The molecule has 0 saturated heterocycles. The third-order valence-corrected chi connectivity index (χ3v) is 6.67. The van der Waals surface area contributed by atoms with Crippen molar-refractivity contribution >= 4 is 27.3 Å². The molecule has 3 N–H and O–H groups in total. The van der Waals surface area contributed by atoms with Crippen LogP contribution in [0.4, 0.5) is 0 Å². The number of benzene rings is 1. The van der Waals surface area contributed by atoms with E-state index >= 15 is 0 Å². The van der Waals surface area contributed by atoms with E-state index in [0.29, 0.717) is 25.7 Å². The van der Waals surface area contributed by atoms with E-state index in [1.807, 2.05) is 6.07 Å². The van der Waals surface area contributed by atoms with E-state index in [4.69, 9.17) is 4.74 Å². The van der Waals surface area contributed by atoms with Gasteiger partial charge in [-0.2, -0.15) is 0 Å². The van der Waals surface area contributed by atoms with E-state index in [1.165, 1.54) is 16.9 Å². The van der Waals surface area contributed by atoms with Crippen LogP contribution in [-0.4, -0.2) is 41.7 Å². The lowest BCUT2D eigenvalue weighted by atomic mass is 10.2. The van der Waals surface area contributed by atoms with Crippen LogP contribution in [0, 0.1) is 0 Å². The molecule has 0 bridgehead atoms. The molecule has 28 heavy (non-hydrogen) atoms. The maximum atomic E-state index is 12.3. The summed E-state index contributed by atoms with van der Waals surface area (Å²) in [6.45, 7) is 3.87. The van der Waals surface area contributed by atoms with Crippen molar-refractivity contribution in [1.29, 1.82) is 0 Å². The molecule has 0 spiro atoms. The molecule has 0 aliphatic rings. The van der Waals surface area contributed by atoms with Crippen molar-refractivity contribution in [2.75, 3.05) is 27.3 Å². The Morgan fingerprint density at radius 3 is 2.57 bits per heavy atom. The first-order chi connectivity index (χ1) is 13.5. The molecule has 2 aromatic rings. The molecule has 154 valence electrons. The fourth-order valence-electron chi connectivity index (χ4n) is 2.47. The van der Waals surface area contributed by atoms with Gasteiger partial charge in [-0.25, -0.2) is 13.1 Å². The molecule has 0 radical (unpaired) electrons. The molecular weight excluding hydrogens is 396 g/mol. The van der Waals surface area contributed by atoms with Crippen molar-refractivity contribution in [3.05, 3.63) is 51.7 Å². The second-order valence-corrected chi connectivity index (χ2v) is 9.06. The predicted octanol–water partition coefficient (Wildman–Crippen LogP) is 2.10. The first-order valence-electron chi connectivity index (χ1n) is 9.08. The van der Waals surface area contributed by atoms with Crippen molar-refractivity contribution in [1.82, 2.24) is 15.4 Å². The fraction of sp³-hybridized carbons (Fsp3) is 0.421. The monoisotopic (exact) mass is 424 g/mol. The Labute approximate surface area is 171 Å². The van der Waals surface area contributed by atoms with Crippen LogP contribution in [-0.2, 0) is 34.3 Å². The minimum absolute atomic E-state index is 0.233. The largest absolute Gasteiger partial charge is 0.383 e. The molecule has 7 nitrogen and oxygen atoms in total. The molecule has 1 aromatic heterocycles. The van der Waals surface area contributed by atoms with Gasteiger partial charge in [0.15, 0.2) is 5.96 Å². The minimum Gasteiger partial charge on any atom is -0.383 e. The summed E-state index contributed by atoms with van der Waals surface area (Å²) in [5.74, 6) is 0.665. The first kappa shape index (κ1) is 22.4. The second kappa shape index (κ2) is 11.2. The Balaban J connectivity index is 1.91. The molecule has 0 unspecified atom stereocenters. The molecule has 0 aliphatic carbocycles. The maximum absolute atomic E-state index is 12.3. The second-order valence-electron chi connectivity index (χ2n) is 6.04. The van der Waals surface area contributed by atoms with Gasteiger partial charge in [0.2, 0.25) is 10.0 Å². The number of rotatable bonds is 10. The van der Waals surface area contributed by atoms with E-state index in [2.05, 4.69) is 39.4 Å². The van der Waals surface area contributed by atoms with E-state index in [-0.39, 0.29) is 11.4 Å². The lowest BCUT2D eigenvalue weighted by Crippen LogP contribution is -2.36. The smallest absolute Gasteiger partial charge is 0.240 e. The van der Waals surface area contributed by atoms with Crippen LogP contribution in [0.25, 0.3) is 0 Å². The summed E-state index contributed by atoms with van der Waals surface area (Å²) in [6, 6.07) is 11.1. The number of aryl methyl sites for hydroxylation is 1. The van der Waals surface area contributed by atoms with Gasteiger partial charge in [0.25, 0.3) is 0 Å². The minimum atomic E-state index is -3.55. The van der Waals surface area contributed by atoms with Gasteiger partial charge in [-0.3, -0.25) is 4.99 Å². The summed E-state index contributed by atoms with van der Waals surface area (Å²) < 4.78 is 32.0. The van der Waals surface area contributed by atoms with E-state index in [1.54, 1.807) is 36.6 Å². The summed E-state index contributed by atoms with van der Waals surface area (Å²) in [6.07, 6.45) is 1.04. The zero-order valence-electron chi connectivity index (χ0n) is 16.5. The van der Waals surface area contributed by atoms with Gasteiger partial charge < -0.3 is 15.4 Å². The van der Waals surface area contributed by atoms with Gasteiger partial charge in [-0.15, -0.1) is 11.3 Å². The Morgan fingerprint density at radius 1 is 1.14 bits per heavy atom. The topological polar surface area (TPSA) is 91.8 Å². The quantitative estimate of drug-likeness (QED) is 0.309. The average Bonchev–Trinajstić information content (AvgIpc) is 3.16. The van der Waals surface area contributed by atoms with Gasteiger partial charge in [0.1, 0.15) is 0 Å². The Morgan fingerprint density at radius 2 is 1.89 bits per heavy atom. The number of nitrogens with one attached hydrogen (secondary N) is 3. The van der Waals surface area contributed by atoms with Crippen molar-refractivity contribution in [3.8, 4) is 0 Å². The van der Waals surface area contributed by atoms with Crippen molar-refractivity contribution in [2.45, 2.75) is 31.3 Å². The SMILES string of the molecule is CCc1ccc(CNC(=NC)NCc2cccc(S(=O)(=O)NCCOC)c2)s1. The zero-order valence-corrected chi connectivity index (χ0v) is 18.1. The van der Waals surface area contributed by atoms with Gasteiger partial charge in [0, 0.05) is 37.0 Å². The molecule has 1 aromatic carbocycles. The summed E-state index contributed by atoms with van der Waals surface area (Å²) in [5, 5.41) is 6.49. The number of hydrogen-bond donors (Lipinski definition) is 3. The lowest BCUT2D eigenvalue weighted by Gasteiger charge is -2.12. The highest BCUT2D eigenvalue weighted by Gasteiger charge is 2.13. The highest BCUT2D eigenvalue weighted by molar-refractivity contribution is 7.89. The maximum Gasteiger partial charge on any atom is 0.240 e. The average molecular weight is 425 g/mol. The normalized spacial score (nSPS) is 12.2. The molecule has 0 fully saturated rings. The van der Waals surface area contributed by atoms with Crippen molar-refractivity contribution in [2.24, 2.45) is 4.99 Å². The molecule has 2 rings (SSSR count). The summed E-state index contributed by atoms with van der Waals surface area (Å²) in [7, 11) is -0.307.